The number of carbonyl (C=O) groups excluding carboxylic acids is 2. The highest BCUT2D eigenvalue weighted by Crippen LogP contribution is 2.34. The van der Waals surface area contributed by atoms with E-state index in [1.54, 1.807) is 11.0 Å². The average Bonchev–Trinajstić information content (AvgIpc) is 3.35. The highest BCUT2D eigenvalue weighted by atomic mass is 16.5. The molecule has 118 valence electrons. The largest absolute Gasteiger partial charge is 0.484 e. The van der Waals surface area contributed by atoms with Crippen LogP contribution in [0.1, 0.15) is 31.7 Å². The van der Waals surface area contributed by atoms with Crippen molar-refractivity contribution in [3.8, 4) is 5.75 Å². The Morgan fingerprint density at radius 2 is 2.18 bits per heavy atom. The summed E-state index contributed by atoms with van der Waals surface area (Å²) in [7, 11) is 1.84. The standard InChI is InChI=1S/C17H22N2O3/c1-11(12-3-4-12)19(2)17(21)10-22-14-6-7-15-13(9-14)5-8-16(20)18-15/h6-7,9,11-12H,3-5,8,10H2,1-2H3,(H,18,20). The molecule has 22 heavy (non-hydrogen) atoms. The normalized spacial score (nSPS) is 18.2. The predicted molar refractivity (Wildman–Crippen MR) is 83.8 cm³/mol. The van der Waals surface area contributed by atoms with E-state index >= 15 is 0 Å². The maximum Gasteiger partial charge on any atom is 0.260 e. The molecule has 1 aromatic rings. The summed E-state index contributed by atoms with van der Waals surface area (Å²) in [6.45, 7) is 2.15. The first-order chi connectivity index (χ1) is 10.5. The van der Waals surface area contributed by atoms with Gasteiger partial charge in [0.2, 0.25) is 5.91 Å². The third kappa shape index (κ3) is 3.24. The fourth-order valence-corrected chi connectivity index (χ4v) is 2.82. The molecule has 0 aromatic heterocycles. The molecule has 1 aliphatic heterocycles. The van der Waals surface area contributed by atoms with Crippen LogP contribution in [-0.2, 0) is 16.0 Å². The summed E-state index contributed by atoms with van der Waals surface area (Å²) in [6.07, 6.45) is 3.65. The minimum absolute atomic E-state index is 0.00502. The highest BCUT2D eigenvalue weighted by Gasteiger charge is 2.32. The molecule has 1 atom stereocenters. The second-order valence-corrected chi connectivity index (χ2v) is 6.24. The van der Waals surface area contributed by atoms with Crippen LogP contribution in [0.15, 0.2) is 18.2 Å². The van der Waals surface area contributed by atoms with Gasteiger partial charge in [0.05, 0.1) is 0 Å². The molecule has 0 saturated heterocycles. The molecule has 1 unspecified atom stereocenters. The monoisotopic (exact) mass is 302 g/mol. The van der Waals surface area contributed by atoms with Gasteiger partial charge in [-0.1, -0.05) is 0 Å². The number of rotatable bonds is 5. The number of ether oxygens (including phenoxy) is 1. The summed E-state index contributed by atoms with van der Waals surface area (Å²) in [5, 5.41) is 2.83. The van der Waals surface area contributed by atoms with Crippen LogP contribution < -0.4 is 10.1 Å². The lowest BCUT2D eigenvalue weighted by Crippen LogP contribution is -2.39. The van der Waals surface area contributed by atoms with E-state index in [4.69, 9.17) is 4.74 Å². The Hall–Kier alpha value is -2.04. The summed E-state index contributed by atoms with van der Waals surface area (Å²) in [6, 6.07) is 5.83. The number of fused-ring (bicyclic) bond motifs is 1. The molecule has 1 N–H and O–H groups in total. The van der Waals surface area contributed by atoms with Crippen molar-refractivity contribution in [2.75, 3.05) is 19.0 Å². The molecule has 5 nitrogen and oxygen atoms in total. The van der Waals surface area contributed by atoms with Gasteiger partial charge in [-0.05, 0) is 55.9 Å². The zero-order valence-corrected chi connectivity index (χ0v) is 13.1. The van der Waals surface area contributed by atoms with Gasteiger partial charge >= 0.3 is 0 Å². The molecule has 1 fully saturated rings. The van der Waals surface area contributed by atoms with Crippen molar-refractivity contribution in [1.29, 1.82) is 0 Å². The highest BCUT2D eigenvalue weighted by molar-refractivity contribution is 5.94. The minimum Gasteiger partial charge on any atom is -0.484 e. The molecule has 1 aliphatic carbocycles. The van der Waals surface area contributed by atoms with Crippen LogP contribution in [0.5, 0.6) is 5.75 Å². The predicted octanol–water partition coefficient (Wildman–Crippen LogP) is 2.21. The van der Waals surface area contributed by atoms with Gasteiger partial charge in [0.25, 0.3) is 5.91 Å². The summed E-state index contributed by atoms with van der Waals surface area (Å²) < 4.78 is 5.63. The lowest BCUT2D eigenvalue weighted by Gasteiger charge is -2.25. The second kappa shape index (κ2) is 5.99. The van der Waals surface area contributed by atoms with Crippen molar-refractivity contribution in [3.05, 3.63) is 23.8 Å². The van der Waals surface area contributed by atoms with E-state index < -0.39 is 0 Å². The number of anilines is 1. The van der Waals surface area contributed by atoms with Crippen molar-refractivity contribution >= 4 is 17.5 Å². The van der Waals surface area contributed by atoms with Gasteiger partial charge in [0, 0.05) is 25.2 Å². The van der Waals surface area contributed by atoms with Gasteiger partial charge in [0.1, 0.15) is 5.75 Å². The van der Waals surface area contributed by atoms with Gasteiger partial charge in [-0.15, -0.1) is 0 Å². The van der Waals surface area contributed by atoms with Gasteiger partial charge < -0.3 is 15.0 Å². The Balaban J connectivity index is 1.57. The molecule has 0 radical (unpaired) electrons. The van der Waals surface area contributed by atoms with Crippen LogP contribution >= 0.6 is 0 Å². The molecule has 2 amide bonds. The molecule has 5 heteroatoms. The summed E-state index contributed by atoms with van der Waals surface area (Å²) in [5.74, 6) is 1.38. The number of hydrogen-bond donors (Lipinski definition) is 1. The van der Waals surface area contributed by atoms with E-state index in [9.17, 15) is 9.59 Å². The summed E-state index contributed by atoms with van der Waals surface area (Å²) in [4.78, 5) is 25.3. The number of hydrogen-bond acceptors (Lipinski definition) is 3. The van der Waals surface area contributed by atoms with Crippen LogP contribution in [0.2, 0.25) is 0 Å². The smallest absolute Gasteiger partial charge is 0.260 e. The Bertz CT molecular complexity index is 596. The Kier molecular flexibility index (Phi) is 4.05. The Morgan fingerprint density at radius 3 is 2.91 bits per heavy atom. The fraction of sp³-hybridized carbons (Fsp3) is 0.529. The minimum atomic E-state index is 0.00502. The Labute approximate surface area is 130 Å². The van der Waals surface area contributed by atoms with E-state index in [1.807, 2.05) is 19.2 Å². The molecule has 0 spiro atoms. The van der Waals surface area contributed by atoms with Crippen molar-refractivity contribution in [3.63, 3.8) is 0 Å². The molecule has 3 rings (SSSR count). The number of benzene rings is 1. The van der Waals surface area contributed by atoms with E-state index in [-0.39, 0.29) is 24.5 Å². The topological polar surface area (TPSA) is 58.6 Å². The number of aryl methyl sites for hydroxylation is 1. The Morgan fingerprint density at radius 1 is 1.41 bits per heavy atom. The quantitative estimate of drug-likeness (QED) is 0.907. The maximum atomic E-state index is 12.2. The first-order valence-corrected chi connectivity index (χ1v) is 7.86. The van der Waals surface area contributed by atoms with Crippen molar-refractivity contribution in [1.82, 2.24) is 4.90 Å². The average molecular weight is 302 g/mol. The molecule has 1 saturated carbocycles. The molecule has 1 aromatic carbocycles. The summed E-state index contributed by atoms with van der Waals surface area (Å²) >= 11 is 0. The zero-order valence-electron chi connectivity index (χ0n) is 13.1. The molecular weight excluding hydrogens is 280 g/mol. The van der Waals surface area contributed by atoms with E-state index in [0.29, 0.717) is 24.5 Å². The van der Waals surface area contributed by atoms with Gasteiger partial charge in [-0.2, -0.15) is 0 Å². The number of likely N-dealkylation sites (N-methyl/N-ethyl adjacent to an activating group) is 1. The van der Waals surface area contributed by atoms with Crippen LogP contribution in [0.25, 0.3) is 0 Å². The lowest BCUT2D eigenvalue weighted by molar-refractivity contribution is -0.134. The molecule has 2 aliphatic rings. The van der Waals surface area contributed by atoms with Gasteiger partial charge in [-0.3, -0.25) is 9.59 Å². The van der Waals surface area contributed by atoms with E-state index in [0.717, 1.165) is 11.3 Å². The molecule has 1 heterocycles. The second-order valence-electron chi connectivity index (χ2n) is 6.24. The van der Waals surface area contributed by atoms with Crippen LogP contribution in [0.3, 0.4) is 0 Å². The fourth-order valence-electron chi connectivity index (χ4n) is 2.82. The number of amides is 2. The van der Waals surface area contributed by atoms with Gasteiger partial charge in [0.15, 0.2) is 6.61 Å². The van der Waals surface area contributed by atoms with Crippen LogP contribution in [0, 0.1) is 5.92 Å². The van der Waals surface area contributed by atoms with E-state index in [1.165, 1.54) is 12.8 Å². The number of nitrogens with one attached hydrogen (secondary N) is 1. The summed E-state index contributed by atoms with van der Waals surface area (Å²) in [5.41, 5.74) is 1.90. The van der Waals surface area contributed by atoms with Gasteiger partial charge in [-0.25, -0.2) is 0 Å². The third-order valence-electron chi connectivity index (χ3n) is 4.64. The van der Waals surface area contributed by atoms with Crippen LogP contribution in [-0.4, -0.2) is 36.4 Å². The lowest BCUT2D eigenvalue weighted by atomic mass is 10.0. The van der Waals surface area contributed by atoms with Crippen molar-refractivity contribution in [2.45, 2.75) is 38.6 Å². The van der Waals surface area contributed by atoms with Crippen molar-refractivity contribution < 1.29 is 14.3 Å². The first-order valence-electron chi connectivity index (χ1n) is 7.86. The molecular formula is C17H22N2O3. The number of nitrogens with zero attached hydrogens (tertiary/aromatic N) is 1. The SMILES string of the molecule is CC(C1CC1)N(C)C(=O)COc1ccc2c(c1)CCC(=O)N2. The number of carbonyl (C=O) groups is 2. The maximum absolute atomic E-state index is 12.2. The zero-order chi connectivity index (χ0) is 15.7. The molecule has 0 bridgehead atoms. The van der Waals surface area contributed by atoms with E-state index in [2.05, 4.69) is 12.2 Å². The third-order valence-corrected chi connectivity index (χ3v) is 4.64. The first kappa shape index (κ1) is 14.9. The van der Waals surface area contributed by atoms with Crippen molar-refractivity contribution in [2.24, 2.45) is 5.92 Å². The van der Waals surface area contributed by atoms with Crippen LogP contribution in [0.4, 0.5) is 5.69 Å².